The summed E-state index contributed by atoms with van der Waals surface area (Å²) in [6.07, 6.45) is 11.2. The third kappa shape index (κ3) is 22.9. The number of benzene rings is 4. The van der Waals surface area contributed by atoms with Crippen LogP contribution in [0.1, 0.15) is 96.9 Å². The molecule has 358 valence electrons. The Morgan fingerprint density at radius 2 is 0.692 bits per heavy atom. The third-order valence-electron chi connectivity index (χ3n) is 12.0. The van der Waals surface area contributed by atoms with Crippen LogP contribution in [-0.4, -0.2) is 37.0 Å². The SMILES string of the molecule is CCCCC1=C(c2cc(CC[Si](C)(C)C)cc(CC[Si](C)(C)C)c2)[N+](=[N-])C(c2cc(CC[Si](C)(C)C)cc(CC[Si](C)(C)C)c2)=C1CCCC.Cc1cc[c-]cc1.Cc1cc[c-]cc1.[Pd+2]. The van der Waals surface area contributed by atoms with Crippen LogP contribution in [0.25, 0.3) is 16.9 Å². The smallest absolute Gasteiger partial charge is 0.493 e. The summed E-state index contributed by atoms with van der Waals surface area (Å²) in [4.78, 5) is 0. The molecule has 0 aromatic heterocycles. The molecule has 0 amide bonds. The molecule has 2 nitrogen and oxygen atoms in total. The van der Waals surface area contributed by atoms with E-state index in [1.807, 2.05) is 48.5 Å². The van der Waals surface area contributed by atoms with E-state index in [0.717, 1.165) is 75.6 Å². The summed E-state index contributed by atoms with van der Waals surface area (Å²) >= 11 is 0. The monoisotopic (exact) mass is 1030 g/mol. The Morgan fingerprint density at radius 3 is 0.892 bits per heavy atom. The minimum absolute atomic E-state index is 0. The van der Waals surface area contributed by atoms with Gasteiger partial charge < -0.3 is 5.53 Å². The number of nitrogens with zero attached hydrogens (tertiary/aromatic N) is 2. The van der Waals surface area contributed by atoms with Gasteiger partial charge in [0.1, 0.15) is 0 Å². The van der Waals surface area contributed by atoms with E-state index < -0.39 is 32.3 Å². The van der Waals surface area contributed by atoms with Gasteiger partial charge in [-0.2, -0.15) is 71.8 Å². The van der Waals surface area contributed by atoms with Gasteiger partial charge >= 0.3 is 20.4 Å². The summed E-state index contributed by atoms with van der Waals surface area (Å²) in [6.45, 7) is 38.7. The molecule has 1 aliphatic heterocycles. The summed E-state index contributed by atoms with van der Waals surface area (Å²) in [5.74, 6) is 0. The van der Waals surface area contributed by atoms with E-state index >= 15 is 0 Å². The van der Waals surface area contributed by atoms with Gasteiger partial charge in [0.05, 0.1) is 0 Å². The summed E-state index contributed by atoms with van der Waals surface area (Å²) < 4.78 is 1.68. The minimum atomic E-state index is -1.20. The average Bonchev–Trinajstić information content (AvgIpc) is 3.49. The van der Waals surface area contributed by atoms with Crippen molar-refractivity contribution < 1.29 is 25.1 Å². The largest absolute Gasteiger partial charge is 2.00 e. The van der Waals surface area contributed by atoms with E-state index in [1.165, 1.54) is 79.8 Å². The van der Waals surface area contributed by atoms with E-state index in [9.17, 15) is 5.53 Å². The first-order chi connectivity index (χ1) is 29.9. The Hall–Kier alpha value is -2.51. The van der Waals surface area contributed by atoms with Crippen LogP contribution in [-0.2, 0) is 46.1 Å². The molecule has 0 fully saturated rings. The van der Waals surface area contributed by atoms with E-state index in [-0.39, 0.29) is 20.4 Å². The van der Waals surface area contributed by atoms with Crippen LogP contribution in [0, 0.1) is 26.0 Å². The number of rotatable bonds is 20. The molecule has 0 atom stereocenters. The van der Waals surface area contributed by atoms with Crippen molar-refractivity contribution in [1.82, 2.24) is 0 Å². The summed E-state index contributed by atoms with van der Waals surface area (Å²) in [5.41, 5.74) is 28.4. The van der Waals surface area contributed by atoms with Crippen LogP contribution >= 0.6 is 0 Å². The van der Waals surface area contributed by atoms with E-state index in [1.54, 1.807) is 4.70 Å². The molecule has 5 rings (SSSR count). The molecule has 7 heteroatoms. The van der Waals surface area contributed by atoms with Crippen molar-refractivity contribution in [3.05, 3.63) is 158 Å². The van der Waals surface area contributed by atoms with E-state index in [2.05, 4.69) is 155 Å². The molecule has 0 saturated carbocycles. The van der Waals surface area contributed by atoms with Gasteiger partial charge in [-0.05, 0) is 97.9 Å². The summed E-state index contributed by atoms with van der Waals surface area (Å²) in [6, 6.07) is 41.6. The molecular weight excluding hydrogens is 943 g/mol. The predicted molar refractivity (Wildman–Crippen MR) is 297 cm³/mol. The maximum atomic E-state index is 12.6. The molecule has 4 aromatic rings. The first kappa shape index (κ1) is 58.6. The molecule has 0 saturated heterocycles. The van der Waals surface area contributed by atoms with Crippen LogP contribution in [0.4, 0.5) is 0 Å². The number of unbranched alkanes of at least 4 members (excludes halogenated alkanes) is 2. The molecule has 0 spiro atoms. The second kappa shape index (κ2) is 27.5. The molecule has 0 bridgehead atoms. The quantitative estimate of drug-likeness (QED) is 0.0479. The molecule has 1 aliphatic rings. The van der Waals surface area contributed by atoms with Gasteiger partial charge in [0.15, 0.2) is 0 Å². The Morgan fingerprint density at radius 1 is 0.431 bits per heavy atom. The molecule has 0 unspecified atom stereocenters. The van der Waals surface area contributed by atoms with E-state index in [4.69, 9.17) is 0 Å². The van der Waals surface area contributed by atoms with Crippen molar-refractivity contribution in [2.24, 2.45) is 0 Å². The van der Waals surface area contributed by atoms with Gasteiger partial charge in [0.25, 0.3) is 0 Å². The molecule has 1 heterocycles. The fraction of sp³-hybridized carbons (Fsp3) is 0.517. The average molecular weight is 1030 g/mol. The first-order valence-electron chi connectivity index (χ1n) is 25.0. The zero-order valence-corrected chi connectivity index (χ0v) is 49.7. The summed E-state index contributed by atoms with van der Waals surface area (Å²) in [5, 5.41) is 0. The first-order valence-corrected chi connectivity index (χ1v) is 39.8. The maximum Gasteiger partial charge on any atom is 2.00 e. The van der Waals surface area contributed by atoms with Crippen molar-refractivity contribution in [3.63, 3.8) is 0 Å². The maximum absolute atomic E-state index is 12.6. The van der Waals surface area contributed by atoms with Crippen molar-refractivity contribution >= 4 is 43.7 Å². The van der Waals surface area contributed by atoms with Gasteiger partial charge in [-0.15, -0.1) is 0 Å². The van der Waals surface area contributed by atoms with Crippen molar-refractivity contribution in [3.8, 4) is 0 Å². The van der Waals surface area contributed by atoms with Crippen molar-refractivity contribution in [2.45, 2.75) is 195 Å². The van der Waals surface area contributed by atoms with Gasteiger partial charge in [-0.25, -0.2) is 4.70 Å². The zero-order chi connectivity index (χ0) is 47.7. The van der Waals surface area contributed by atoms with Crippen LogP contribution in [0.3, 0.4) is 0 Å². The third-order valence-corrected chi connectivity index (χ3v) is 19.0. The van der Waals surface area contributed by atoms with Crippen molar-refractivity contribution in [2.75, 3.05) is 0 Å². The molecule has 0 aliphatic carbocycles. The standard InChI is InChI=1S/C44H76N2Si4.2C7H7.Pd/c1-15-17-19-41-42(20-18-16-2)44(40-33-37(23-27-49(9,10)11)30-38(34-40)24-28-50(12,13)14)46(45)43(41)39-31-35(21-25-47(3,4)5)29-36(32-39)22-26-48(6,7)8;2*1-7-5-3-2-4-6-7;/h29-34H,15-28H2,1-14H3;2*3-6H,1H3;/q;2*-1;+2. The van der Waals surface area contributed by atoms with Gasteiger partial charge in [0, 0.05) is 54.6 Å². The molecule has 65 heavy (non-hydrogen) atoms. The van der Waals surface area contributed by atoms with E-state index in [0.29, 0.717) is 0 Å². The number of aryl methyl sites for hydroxylation is 6. The zero-order valence-electron chi connectivity index (χ0n) is 44.2. The predicted octanol–water partition coefficient (Wildman–Crippen LogP) is 18.3. The Labute approximate surface area is 418 Å². The molecule has 0 N–H and O–H groups in total. The number of allylic oxidation sites excluding steroid dienone is 2. The Kier molecular flexibility index (Phi) is 24.8. The fourth-order valence-corrected chi connectivity index (χ4v) is 12.0. The van der Waals surface area contributed by atoms with Crippen LogP contribution in [0.15, 0.2) is 96.1 Å². The second-order valence-electron chi connectivity index (χ2n) is 23.6. The fourth-order valence-electron chi connectivity index (χ4n) is 7.89. The second-order valence-corrected chi connectivity index (χ2v) is 46.1. The van der Waals surface area contributed by atoms with Crippen molar-refractivity contribution in [1.29, 1.82) is 0 Å². The minimum Gasteiger partial charge on any atom is -0.493 e. The number of hydrogen-bond donors (Lipinski definition) is 0. The molecule has 4 aromatic carbocycles. The van der Waals surface area contributed by atoms with Crippen LogP contribution < -0.4 is 0 Å². The van der Waals surface area contributed by atoms with Gasteiger partial charge in [-0.3, -0.25) is 0 Å². The Balaban J connectivity index is 0.000000816. The van der Waals surface area contributed by atoms with Gasteiger partial charge in [-0.1, -0.05) is 155 Å². The molecule has 0 radical (unpaired) electrons. The van der Waals surface area contributed by atoms with Crippen LogP contribution in [0.2, 0.25) is 103 Å². The normalized spacial score (nSPS) is 13.3. The number of hydrogen-bond acceptors (Lipinski definition) is 0. The van der Waals surface area contributed by atoms with Crippen LogP contribution in [0.5, 0.6) is 0 Å². The summed E-state index contributed by atoms with van der Waals surface area (Å²) in [7, 11) is -4.79. The Bertz CT molecular complexity index is 1890. The van der Waals surface area contributed by atoms with Gasteiger partial charge in [0.2, 0.25) is 11.4 Å². The molecular formula is C58H90N2PdSi4. The topological polar surface area (TPSA) is 25.3 Å².